The lowest BCUT2D eigenvalue weighted by molar-refractivity contribution is 0.475. The fourth-order valence-electron chi connectivity index (χ4n) is 1.46. The lowest BCUT2D eigenvalue weighted by Crippen LogP contribution is -2.05. The minimum Gasteiger partial charge on any atom is -0.508 e. The van der Waals surface area contributed by atoms with E-state index >= 15 is 0 Å². The average Bonchev–Trinajstić information content (AvgIpc) is 2.37. The Morgan fingerprint density at radius 2 is 1.94 bits per heavy atom. The van der Waals surface area contributed by atoms with Gasteiger partial charge < -0.3 is 10.5 Å². The number of benzene rings is 2. The van der Waals surface area contributed by atoms with E-state index in [1.54, 1.807) is 24.4 Å². The summed E-state index contributed by atoms with van der Waals surface area (Å²) in [6.07, 6.45) is 1.66. The minimum atomic E-state index is 0.233. The van der Waals surface area contributed by atoms with Gasteiger partial charge in [0, 0.05) is 5.02 Å². The van der Waals surface area contributed by atoms with Crippen LogP contribution in [0.15, 0.2) is 53.6 Å². The van der Waals surface area contributed by atoms with Gasteiger partial charge in [-0.2, -0.15) is 5.10 Å². The van der Waals surface area contributed by atoms with E-state index in [9.17, 15) is 5.11 Å². The largest absolute Gasteiger partial charge is 0.508 e. The summed E-state index contributed by atoms with van der Waals surface area (Å²) in [5.74, 6) is 0.233. The van der Waals surface area contributed by atoms with Crippen molar-refractivity contribution in [1.82, 2.24) is 5.43 Å². The van der Waals surface area contributed by atoms with Gasteiger partial charge in [0.25, 0.3) is 0 Å². The monoisotopic (exact) mass is 260 g/mol. The highest BCUT2D eigenvalue weighted by atomic mass is 35.5. The molecule has 0 heterocycles. The number of phenolic OH excluding ortho intramolecular Hbond substituents is 1. The molecule has 0 bridgehead atoms. The molecule has 2 rings (SSSR count). The molecule has 0 amide bonds. The first kappa shape index (κ1) is 12.5. The zero-order valence-corrected chi connectivity index (χ0v) is 10.4. The van der Waals surface area contributed by atoms with Gasteiger partial charge in [-0.25, -0.2) is 0 Å². The molecule has 4 heteroatoms. The fraction of sp³-hybridized carbons (Fsp3) is 0.0714. The summed E-state index contributed by atoms with van der Waals surface area (Å²) >= 11 is 5.79. The molecule has 0 atom stereocenters. The third-order valence-corrected chi connectivity index (χ3v) is 2.62. The maximum atomic E-state index is 9.28. The Hall–Kier alpha value is -2.00. The molecule has 0 aliphatic heterocycles. The summed E-state index contributed by atoms with van der Waals surface area (Å²) in [5.41, 5.74) is 4.88. The lowest BCUT2D eigenvalue weighted by Gasteiger charge is -2.01. The van der Waals surface area contributed by atoms with E-state index < -0.39 is 0 Å². The molecule has 0 saturated carbocycles. The molecule has 3 nitrogen and oxygen atoms in total. The lowest BCUT2D eigenvalue weighted by atomic mass is 10.2. The Balaban J connectivity index is 1.87. The number of hydrazone groups is 1. The first-order chi connectivity index (χ1) is 8.74. The second-order valence-corrected chi connectivity index (χ2v) is 4.25. The molecule has 0 spiro atoms. The quantitative estimate of drug-likeness (QED) is 0.655. The van der Waals surface area contributed by atoms with Gasteiger partial charge in [-0.3, -0.25) is 0 Å². The average molecular weight is 261 g/mol. The SMILES string of the molecule is Oc1cccc(/C=N\NCc2ccc(Cl)cc2)c1. The molecule has 18 heavy (non-hydrogen) atoms. The number of hydrogen-bond acceptors (Lipinski definition) is 3. The normalized spacial score (nSPS) is 10.7. The van der Waals surface area contributed by atoms with Crippen molar-refractivity contribution in [1.29, 1.82) is 0 Å². The van der Waals surface area contributed by atoms with Crippen molar-refractivity contribution in [2.45, 2.75) is 6.54 Å². The van der Waals surface area contributed by atoms with Gasteiger partial charge in [0.15, 0.2) is 0 Å². The van der Waals surface area contributed by atoms with Crippen LogP contribution in [0.3, 0.4) is 0 Å². The first-order valence-electron chi connectivity index (χ1n) is 5.53. The summed E-state index contributed by atoms with van der Waals surface area (Å²) in [5, 5.41) is 14.1. The van der Waals surface area contributed by atoms with Crippen LogP contribution in [-0.2, 0) is 6.54 Å². The zero-order valence-electron chi connectivity index (χ0n) is 9.68. The van der Waals surface area contributed by atoms with Gasteiger partial charge in [-0.15, -0.1) is 0 Å². The molecular weight excluding hydrogens is 248 g/mol. The van der Waals surface area contributed by atoms with Crippen molar-refractivity contribution in [3.63, 3.8) is 0 Å². The molecule has 0 saturated heterocycles. The van der Waals surface area contributed by atoms with Gasteiger partial charge in [0.2, 0.25) is 0 Å². The van der Waals surface area contributed by atoms with E-state index in [-0.39, 0.29) is 5.75 Å². The van der Waals surface area contributed by atoms with Gasteiger partial charge in [-0.1, -0.05) is 35.9 Å². The predicted molar refractivity (Wildman–Crippen MR) is 74.0 cm³/mol. The maximum Gasteiger partial charge on any atom is 0.116 e. The number of rotatable bonds is 4. The van der Waals surface area contributed by atoms with Crippen LogP contribution in [0.5, 0.6) is 5.75 Å². The van der Waals surface area contributed by atoms with Crippen LogP contribution in [0.2, 0.25) is 5.02 Å². The Labute approximate surface area is 111 Å². The highest BCUT2D eigenvalue weighted by Gasteiger charge is 1.92. The number of nitrogens with zero attached hydrogens (tertiary/aromatic N) is 1. The van der Waals surface area contributed by atoms with Crippen molar-refractivity contribution in [2.75, 3.05) is 0 Å². The predicted octanol–water partition coefficient (Wildman–Crippen LogP) is 3.17. The third kappa shape index (κ3) is 3.79. The van der Waals surface area contributed by atoms with Gasteiger partial charge in [0.1, 0.15) is 5.75 Å². The molecule has 0 unspecified atom stereocenters. The number of phenols is 1. The van der Waals surface area contributed by atoms with E-state index in [4.69, 9.17) is 11.6 Å². The molecule has 92 valence electrons. The van der Waals surface area contributed by atoms with Crippen LogP contribution in [0.4, 0.5) is 0 Å². The summed E-state index contributed by atoms with van der Waals surface area (Å²) < 4.78 is 0. The van der Waals surface area contributed by atoms with Crippen LogP contribution in [0.1, 0.15) is 11.1 Å². The standard InChI is InChI=1S/C14H13ClN2O/c15-13-6-4-11(5-7-13)9-16-17-10-12-2-1-3-14(18)8-12/h1-8,10,16,18H,9H2/b17-10-. The van der Waals surface area contributed by atoms with Crippen LogP contribution in [0.25, 0.3) is 0 Å². The van der Waals surface area contributed by atoms with E-state index in [1.165, 1.54) is 0 Å². The van der Waals surface area contributed by atoms with Crippen LogP contribution in [0, 0.1) is 0 Å². The van der Waals surface area contributed by atoms with Crippen molar-refractivity contribution >= 4 is 17.8 Å². The summed E-state index contributed by atoms with van der Waals surface area (Å²) in [6, 6.07) is 14.5. The van der Waals surface area contributed by atoms with E-state index in [0.717, 1.165) is 16.1 Å². The summed E-state index contributed by atoms with van der Waals surface area (Å²) in [7, 11) is 0. The number of nitrogens with one attached hydrogen (secondary N) is 1. The summed E-state index contributed by atoms with van der Waals surface area (Å²) in [4.78, 5) is 0. The number of halogens is 1. The second-order valence-electron chi connectivity index (χ2n) is 3.81. The second kappa shape index (κ2) is 6.07. The topological polar surface area (TPSA) is 44.6 Å². The molecular formula is C14H13ClN2O. The molecule has 2 aromatic carbocycles. The molecule has 2 N–H and O–H groups in total. The van der Waals surface area contributed by atoms with Crippen LogP contribution < -0.4 is 5.43 Å². The zero-order chi connectivity index (χ0) is 12.8. The van der Waals surface area contributed by atoms with Crippen molar-refractivity contribution < 1.29 is 5.11 Å². The molecule has 0 aliphatic rings. The highest BCUT2D eigenvalue weighted by molar-refractivity contribution is 6.30. The third-order valence-electron chi connectivity index (χ3n) is 2.37. The Morgan fingerprint density at radius 3 is 2.67 bits per heavy atom. The fourth-order valence-corrected chi connectivity index (χ4v) is 1.59. The van der Waals surface area contributed by atoms with Crippen molar-refractivity contribution in [2.24, 2.45) is 5.10 Å². The first-order valence-corrected chi connectivity index (χ1v) is 5.91. The maximum absolute atomic E-state index is 9.28. The Kier molecular flexibility index (Phi) is 4.20. The molecule has 0 radical (unpaired) electrons. The summed E-state index contributed by atoms with van der Waals surface area (Å²) in [6.45, 7) is 0.631. The number of hydrogen-bond donors (Lipinski definition) is 2. The smallest absolute Gasteiger partial charge is 0.116 e. The van der Waals surface area contributed by atoms with Crippen molar-refractivity contribution in [3.05, 3.63) is 64.7 Å². The molecule has 2 aromatic rings. The van der Waals surface area contributed by atoms with Gasteiger partial charge in [0.05, 0.1) is 12.8 Å². The van der Waals surface area contributed by atoms with Gasteiger partial charge in [-0.05, 0) is 35.4 Å². The minimum absolute atomic E-state index is 0.233. The Morgan fingerprint density at radius 1 is 1.17 bits per heavy atom. The molecule has 0 aliphatic carbocycles. The van der Waals surface area contributed by atoms with E-state index in [1.807, 2.05) is 30.3 Å². The van der Waals surface area contributed by atoms with Crippen molar-refractivity contribution in [3.8, 4) is 5.75 Å². The van der Waals surface area contributed by atoms with Crippen LogP contribution >= 0.6 is 11.6 Å². The Bertz CT molecular complexity index is 538. The molecule has 0 fully saturated rings. The molecule has 0 aromatic heterocycles. The van der Waals surface area contributed by atoms with Gasteiger partial charge >= 0.3 is 0 Å². The van der Waals surface area contributed by atoms with E-state index in [2.05, 4.69) is 10.5 Å². The number of aromatic hydroxyl groups is 1. The highest BCUT2D eigenvalue weighted by Crippen LogP contribution is 2.10. The van der Waals surface area contributed by atoms with E-state index in [0.29, 0.717) is 6.54 Å². The van der Waals surface area contributed by atoms with Crippen LogP contribution in [-0.4, -0.2) is 11.3 Å².